The third-order valence-corrected chi connectivity index (χ3v) is 6.80. The van der Waals surface area contributed by atoms with Gasteiger partial charge in [0.05, 0.1) is 25.3 Å². The van der Waals surface area contributed by atoms with Crippen molar-refractivity contribution in [1.29, 1.82) is 0 Å². The van der Waals surface area contributed by atoms with Crippen LogP contribution in [0, 0.1) is 17.2 Å². The zero-order valence-corrected chi connectivity index (χ0v) is 20.6. The van der Waals surface area contributed by atoms with Crippen LogP contribution in [0.25, 0.3) is 11.3 Å². The molecule has 1 aliphatic rings. The molecule has 3 aromatic rings. The fraction of sp³-hybridized carbons (Fsp3) is 0.391. The number of nitrogens with zero attached hydrogens (tertiary/aromatic N) is 3. The van der Waals surface area contributed by atoms with Gasteiger partial charge in [-0.3, -0.25) is 0 Å². The Hall–Kier alpha value is -3.29. The molecule has 0 unspecified atom stereocenters. The first-order valence-electron chi connectivity index (χ1n) is 11.0. The maximum absolute atomic E-state index is 15.7. The molecule has 3 aromatic heterocycles. The number of pyridine rings is 1. The lowest BCUT2D eigenvalue weighted by molar-refractivity contribution is -0.0607. The van der Waals surface area contributed by atoms with Gasteiger partial charge in [-0.15, -0.1) is 0 Å². The van der Waals surface area contributed by atoms with Crippen LogP contribution in [0.2, 0.25) is 0 Å². The van der Waals surface area contributed by atoms with Gasteiger partial charge in [0, 0.05) is 24.5 Å². The van der Waals surface area contributed by atoms with Gasteiger partial charge in [-0.1, -0.05) is 20.8 Å². The summed E-state index contributed by atoms with van der Waals surface area (Å²) in [4.78, 5) is 16.3. The van der Waals surface area contributed by atoms with Crippen LogP contribution in [0.5, 0.6) is 0 Å². The molecule has 10 nitrogen and oxygen atoms in total. The molecule has 1 N–H and O–H groups in total. The van der Waals surface area contributed by atoms with Gasteiger partial charge in [0.15, 0.2) is 11.6 Å². The van der Waals surface area contributed by atoms with E-state index >= 15 is 4.39 Å². The number of aromatic nitrogens is 2. The first-order chi connectivity index (χ1) is 16.9. The molecule has 0 atom stereocenters. The summed E-state index contributed by atoms with van der Waals surface area (Å²) in [6.07, 6.45) is -0.144. The van der Waals surface area contributed by atoms with E-state index in [0.717, 1.165) is 23.4 Å². The van der Waals surface area contributed by atoms with Crippen molar-refractivity contribution < 1.29 is 41.0 Å². The number of carbonyl (C=O) groups is 1. The van der Waals surface area contributed by atoms with E-state index in [1.807, 2.05) is 0 Å². The number of halogens is 2. The molecular formula is C23H25F2N3O7S. The normalized spacial score (nSPS) is 14.9. The van der Waals surface area contributed by atoms with E-state index in [2.05, 4.69) is 4.98 Å². The summed E-state index contributed by atoms with van der Waals surface area (Å²) in [5.41, 5.74) is -1.78. The highest BCUT2D eigenvalue weighted by atomic mass is 32.2. The molecule has 0 bridgehead atoms. The predicted octanol–water partition coefficient (Wildman–Crippen LogP) is 4.23. The Morgan fingerprint density at radius 2 is 1.92 bits per heavy atom. The summed E-state index contributed by atoms with van der Waals surface area (Å²) in [6.45, 7) is 5.59. The van der Waals surface area contributed by atoms with Crippen molar-refractivity contribution in [3.8, 4) is 11.3 Å². The maximum Gasteiger partial charge on any atom is 0.407 e. The maximum atomic E-state index is 15.7. The lowest BCUT2D eigenvalue weighted by Crippen LogP contribution is -2.36. The van der Waals surface area contributed by atoms with Crippen LogP contribution in [-0.2, 0) is 26.0 Å². The highest BCUT2D eigenvalue weighted by Gasteiger charge is 2.33. The first-order valence-corrected chi connectivity index (χ1v) is 12.4. The Morgan fingerprint density at radius 1 is 1.22 bits per heavy atom. The van der Waals surface area contributed by atoms with Crippen molar-refractivity contribution in [2.24, 2.45) is 5.41 Å². The fourth-order valence-electron chi connectivity index (χ4n) is 3.80. The fourth-order valence-corrected chi connectivity index (χ4v) is 5.12. The van der Waals surface area contributed by atoms with Crippen LogP contribution >= 0.6 is 0 Å². The minimum absolute atomic E-state index is 0.0409. The molecule has 4 heterocycles. The number of hydrogen-bond donors (Lipinski definition) is 1. The second kappa shape index (κ2) is 9.64. The predicted molar refractivity (Wildman–Crippen MR) is 121 cm³/mol. The average Bonchev–Trinajstić information content (AvgIpc) is 3.54. The molecule has 1 saturated heterocycles. The molecule has 0 saturated carbocycles. The molecule has 1 aliphatic heterocycles. The molecule has 4 rings (SSSR count). The van der Waals surface area contributed by atoms with Gasteiger partial charge in [-0.25, -0.2) is 18.1 Å². The highest BCUT2D eigenvalue weighted by Crippen LogP contribution is 2.34. The van der Waals surface area contributed by atoms with Crippen LogP contribution in [0.1, 0.15) is 38.4 Å². The summed E-state index contributed by atoms with van der Waals surface area (Å²) in [5, 5.41) is 9.08. The van der Waals surface area contributed by atoms with Crippen LogP contribution in [0.4, 0.5) is 13.6 Å². The summed E-state index contributed by atoms with van der Waals surface area (Å²) >= 11 is 0. The third-order valence-electron chi connectivity index (χ3n) is 5.26. The summed E-state index contributed by atoms with van der Waals surface area (Å²) in [6, 6.07) is 5.00. The van der Waals surface area contributed by atoms with Crippen molar-refractivity contribution in [1.82, 2.24) is 13.9 Å². The van der Waals surface area contributed by atoms with Gasteiger partial charge in [0.1, 0.15) is 5.69 Å². The van der Waals surface area contributed by atoms with Crippen LogP contribution in [-0.4, -0.2) is 53.2 Å². The smallest absolute Gasteiger partial charge is 0.407 e. The Bertz CT molecular complexity index is 1370. The molecule has 0 aliphatic carbocycles. The Morgan fingerprint density at radius 3 is 2.53 bits per heavy atom. The van der Waals surface area contributed by atoms with Gasteiger partial charge >= 0.3 is 16.1 Å². The first kappa shape index (κ1) is 25.8. The monoisotopic (exact) mass is 525 g/mol. The number of furan rings is 1. The topological polar surface area (TPSA) is 124 Å². The van der Waals surface area contributed by atoms with E-state index in [1.54, 1.807) is 20.8 Å². The van der Waals surface area contributed by atoms with Crippen molar-refractivity contribution in [2.45, 2.75) is 38.7 Å². The van der Waals surface area contributed by atoms with Crippen LogP contribution in [0.15, 0.2) is 46.2 Å². The Balaban J connectivity index is 1.83. The van der Waals surface area contributed by atoms with E-state index in [4.69, 9.17) is 13.9 Å². The Kier molecular flexibility index (Phi) is 6.90. The van der Waals surface area contributed by atoms with Gasteiger partial charge in [0.2, 0.25) is 17.3 Å². The number of amides is 1. The van der Waals surface area contributed by atoms with Gasteiger partial charge in [0.25, 0.3) is 0 Å². The molecule has 36 heavy (non-hydrogen) atoms. The third kappa shape index (κ3) is 5.13. The molecular weight excluding hydrogens is 500 g/mol. The van der Waals surface area contributed by atoms with Crippen molar-refractivity contribution in [3.05, 3.63) is 59.7 Å². The SMILES string of the molecule is CC(C)(C)CN(Cc1cn(S(=O)(=O)c2ccc(C3OCCO3)o2)c(-c2cccnc2F)c1F)C(=O)O. The minimum atomic E-state index is -4.60. The van der Waals surface area contributed by atoms with Gasteiger partial charge in [-0.05, 0) is 29.7 Å². The van der Waals surface area contributed by atoms with Crippen molar-refractivity contribution in [3.63, 3.8) is 0 Å². The molecule has 194 valence electrons. The second-order valence-corrected chi connectivity index (χ2v) is 11.1. The molecule has 0 radical (unpaired) electrons. The summed E-state index contributed by atoms with van der Waals surface area (Å²) in [5.74, 6) is -2.11. The van der Waals surface area contributed by atoms with Gasteiger partial charge < -0.3 is 23.9 Å². The zero-order valence-electron chi connectivity index (χ0n) is 19.8. The van der Waals surface area contributed by atoms with Crippen molar-refractivity contribution >= 4 is 16.1 Å². The van der Waals surface area contributed by atoms with Gasteiger partial charge in [-0.2, -0.15) is 12.8 Å². The van der Waals surface area contributed by atoms with E-state index in [-0.39, 0.29) is 17.9 Å². The quantitative estimate of drug-likeness (QED) is 0.455. The molecule has 0 aromatic carbocycles. The largest absolute Gasteiger partial charge is 0.465 e. The molecule has 13 heteroatoms. The summed E-state index contributed by atoms with van der Waals surface area (Å²) < 4.78 is 74.0. The van der Waals surface area contributed by atoms with E-state index in [9.17, 15) is 22.7 Å². The zero-order chi connectivity index (χ0) is 26.3. The molecule has 1 fully saturated rings. The number of rotatable bonds is 7. The summed E-state index contributed by atoms with van der Waals surface area (Å²) in [7, 11) is -4.60. The van der Waals surface area contributed by atoms with E-state index in [1.165, 1.54) is 18.2 Å². The van der Waals surface area contributed by atoms with Crippen LogP contribution < -0.4 is 0 Å². The lowest BCUT2D eigenvalue weighted by Gasteiger charge is -2.27. The Labute approximate surface area is 206 Å². The number of hydrogen-bond acceptors (Lipinski definition) is 7. The number of carboxylic acid groups (broad SMARTS) is 1. The highest BCUT2D eigenvalue weighted by molar-refractivity contribution is 7.89. The van der Waals surface area contributed by atoms with E-state index < -0.39 is 62.5 Å². The second-order valence-electron chi connectivity index (χ2n) is 9.39. The lowest BCUT2D eigenvalue weighted by atomic mass is 9.96. The minimum Gasteiger partial charge on any atom is -0.465 e. The molecule has 0 spiro atoms. The van der Waals surface area contributed by atoms with Crippen molar-refractivity contribution in [2.75, 3.05) is 19.8 Å². The van der Waals surface area contributed by atoms with E-state index in [0.29, 0.717) is 17.2 Å². The average molecular weight is 526 g/mol. The number of ether oxygens (including phenoxy) is 2. The van der Waals surface area contributed by atoms with Crippen LogP contribution in [0.3, 0.4) is 0 Å². The standard InChI is InChI=1S/C23H25F2N3O7S/c1-23(2,3)13-27(22(29)30)11-14-12-28(19(18(14)24)15-5-4-8-26-20(15)25)36(31,32)17-7-6-16(35-17)21-33-9-10-34-21/h4-8,12,21H,9-11,13H2,1-3H3,(H,29,30). The molecule has 1 amide bonds.